The monoisotopic (exact) mass is 486 g/mol. The number of hydrogen-bond donors (Lipinski definition) is 3. The van der Waals surface area contributed by atoms with Crippen molar-refractivity contribution in [3.63, 3.8) is 0 Å². The highest BCUT2D eigenvalue weighted by Gasteiger charge is 2.19. The number of hydrogen-bond acceptors (Lipinski definition) is 9. The Hall–Kier alpha value is -3.84. The van der Waals surface area contributed by atoms with Crippen LogP contribution in [0.4, 0.5) is 22.2 Å². The predicted molar refractivity (Wildman–Crippen MR) is 126 cm³/mol. The number of benzene rings is 2. The minimum absolute atomic E-state index is 0.0525. The summed E-state index contributed by atoms with van der Waals surface area (Å²) in [6.07, 6.45) is 0. The van der Waals surface area contributed by atoms with Gasteiger partial charge in [0, 0.05) is 35.5 Å². The van der Waals surface area contributed by atoms with E-state index < -0.39 is 10.8 Å². The van der Waals surface area contributed by atoms with Crippen LogP contribution < -0.4 is 16.0 Å². The predicted octanol–water partition coefficient (Wildman–Crippen LogP) is 3.70. The van der Waals surface area contributed by atoms with Crippen LogP contribution in [0.3, 0.4) is 0 Å². The molecule has 2 aromatic carbocycles. The minimum atomic E-state index is -0.549. The molecule has 0 saturated carbocycles. The molecule has 3 amide bonds. The standard InChI is InChI=1S/C20H18N6O5S2/c1-11-15(7-4-8-16(11)26(30)31)18(29)23-19-24-25-20(33-19)32-10-17(28)22-14-6-3-5-13(9-14)21-12(2)27/h3-9H,10H2,1-2H3,(H,21,27)(H,22,28)(H,23,24,29). The molecule has 33 heavy (non-hydrogen) atoms. The number of anilines is 3. The number of rotatable bonds is 8. The highest BCUT2D eigenvalue weighted by molar-refractivity contribution is 8.01. The second-order valence-corrected chi connectivity index (χ2v) is 8.83. The van der Waals surface area contributed by atoms with Crippen molar-refractivity contribution >= 4 is 63.0 Å². The Bertz CT molecular complexity index is 1230. The zero-order valence-electron chi connectivity index (χ0n) is 17.4. The van der Waals surface area contributed by atoms with E-state index in [1.807, 2.05) is 0 Å². The van der Waals surface area contributed by atoms with Gasteiger partial charge in [0.2, 0.25) is 16.9 Å². The van der Waals surface area contributed by atoms with E-state index in [2.05, 4.69) is 26.1 Å². The number of nitrogens with one attached hydrogen (secondary N) is 3. The van der Waals surface area contributed by atoms with Crippen molar-refractivity contribution < 1.29 is 19.3 Å². The highest BCUT2D eigenvalue weighted by atomic mass is 32.2. The molecular formula is C20H18N6O5S2. The van der Waals surface area contributed by atoms with Crippen molar-refractivity contribution in [2.24, 2.45) is 0 Å². The van der Waals surface area contributed by atoms with Crippen molar-refractivity contribution in [2.75, 3.05) is 21.7 Å². The van der Waals surface area contributed by atoms with Crippen LogP contribution in [0.15, 0.2) is 46.8 Å². The number of nitrogens with zero attached hydrogens (tertiary/aromatic N) is 3. The Morgan fingerprint density at radius 1 is 1.06 bits per heavy atom. The summed E-state index contributed by atoms with van der Waals surface area (Å²) in [6.45, 7) is 2.89. The van der Waals surface area contributed by atoms with E-state index in [-0.39, 0.29) is 39.5 Å². The topological polar surface area (TPSA) is 156 Å². The number of nitro benzene ring substituents is 1. The molecule has 0 radical (unpaired) electrons. The molecule has 3 rings (SSSR count). The molecule has 0 aliphatic carbocycles. The quantitative estimate of drug-likeness (QED) is 0.188. The van der Waals surface area contributed by atoms with Crippen molar-refractivity contribution in [1.29, 1.82) is 0 Å². The molecule has 3 N–H and O–H groups in total. The van der Waals surface area contributed by atoms with Gasteiger partial charge in [-0.25, -0.2) is 0 Å². The molecule has 3 aromatic rings. The molecule has 0 fully saturated rings. The van der Waals surface area contributed by atoms with Crippen LogP contribution in [0.1, 0.15) is 22.8 Å². The Morgan fingerprint density at radius 3 is 2.45 bits per heavy atom. The maximum absolute atomic E-state index is 12.5. The van der Waals surface area contributed by atoms with Gasteiger partial charge in [0.1, 0.15) is 0 Å². The maximum atomic E-state index is 12.5. The van der Waals surface area contributed by atoms with Crippen LogP contribution in [0.2, 0.25) is 0 Å². The van der Waals surface area contributed by atoms with Crippen LogP contribution in [0.5, 0.6) is 0 Å². The Kier molecular flexibility index (Phi) is 7.69. The molecule has 0 spiro atoms. The highest BCUT2D eigenvalue weighted by Crippen LogP contribution is 2.27. The molecule has 170 valence electrons. The maximum Gasteiger partial charge on any atom is 0.273 e. The van der Waals surface area contributed by atoms with Gasteiger partial charge < -0.3 is 10.6 Å². The first-order valence-corrected chi connectivity index (χ1v) is 11.2. The minimum Gasteiger partial charge on any atom is -0.326 e. The van der Waals surface area contributed by atoms with Gasteiger partial charge in [-0.1, -0.05) is 35.2 Å². The van der Waals surface area contributed by atoms with Gasteiger partial charge in [-0.3, -0.25) is 29.8 Å². The number of aromatic nitrogens is 2. The normalized spacial score (nSPS) is 10.4. The molecule has 0 atom stereocenters. The zero-order chi connectivity index (χ0) is 24.0. The first kappa shape index (κ1) is 23.8. The molecule has 0 aliphatic rings. The molecule has 0 saturated heterocycles. The van der Waals surface area contributed by atoms with E-state index in [1.54, 1.807) is 24.3 Å². The van der Waals surface area contributed by atoms with Crippen molar-refractivity contribution in [3.8, 4) is 0 Å². The van der Waals surface area contributed by atoms with Crippen LogP contribution in [-0.2, 0) is 9.59 Å². The molecule has 0 bridgehead atoms. The molecule has 1 aromatic heterocycles. The summed E-state index contributed by atoms with van der Waals surface area (Å²) in [4.78, 5) is 46.4. The second kappa shape index (κ2) is 10.7. The lowest BCUT2D eigenvalue weighted by Crippen LogP contribution is -2.14. The molecule has 13 heteroatoms. The zero-order valence-corrected chi connectivity index (χ0v) is 19.1. The molecular weight excluding hydrogens is 468 g/mol. The third kappa shape index (κ3) is 6.57. The van der Waals surface area contributed by atoms with Crippen LogP contribution in [0, 0.1) is 17.0 Å². The number of carbonyl (C=O) groups is 3. The smallest absolute Gasteiger partial charge is 0.273 e. The van der Waals surface area contributed by atoms with Gasteiger partial charge in [-0.2, -0.15) is 0 Å². The van der Waals surface area contributed by atoms with Gasteiger partial charge in [-0.05, 0) is 31.2 Å². The first-order chi connectivity index (χ1) is 15.7. The SMILES string of the molecule is CC(=O)Nc1cccc(NC(=O)CSc2nnc(NC(=O)c3cccc([N+](=O)[O-])c3C)s2)c1. The van der Waals surface area contributed by atoms with E-state index in [1.165, 1.54) is 32.0 Å². The fraction of sp³-hybridized carbons (Fsp3) is 0.150. The molecule has 0 unspecified atom stereocenters. The van der Waals surface area contributed by atoms with E-state index in [4.69, 9.17) is 0 Å². The summed E-state index contributed by atoms with van der Waals surface area (Å²) in [5.74, 6) is -0.987. The molecule has 0 aliphatic heterocycles. The summed E-state index contributed by atoms with van der Waals surface area (Å²) in [5, 5.41) is 27.0. The van der Waals surface area contributed by atoms with Gasteiger partial charge in [0.25, 0.3) is 11.6 Å². The number of amides is 3. The fourth-order valence-electron chi connectivity index (χ4n) is 2.75. The largest absolute Gasteiger partial charge is 0.326 e. The van der Waals surface area contributed by atoms with Crippen molar-refractivity contribution in [3.05, 3.63) is 63.7 Å². The Balaban J connectivity index is 1.55. The lowest BCUT2D eigenvalue weighted by molar-refractivity contribution is -0.385. The van der Waals surface area contributed by atoms with E-state index in [0.717, 1.165) is 23.1 Å². The van der Waals surface area contributed by atoms with Crippen molar-refractivity contribution in [2.45, 2.75) is 18.2 Å². The van der Waals surface area contributed by atoms with Gasteiger partial charge in [0.15, 0.2) is 4.34 Å². The van der Waals surface area contributed by atoms with E-state index in [0.29, 0.717) is 15.7 Å². The number of nitro groups is 1. The fourth-order valence-corrected chi connectivity index (χ4v) is 4.30. The van der Waals surface area contributed by atoms with Gasteiger partial charge in [-0.15, -0.1) is 10.2 Å². The van der Waals surface area contributed by atoms with Crippen LogP contribution in [-0.4, -0.2) is 38.6 Å². The lowest BCUT2D eigenvalue weighted by atomic mass is 10.1. The average Bonchev–Trinajstić information content (AvgIpc) is 3.19. The Morgan fingerprint density at radius 2 is 1.76 bits per heavy atom. The average molecular weight is 487 g/mol. The summed E-state index contributed by atoms with van der Waals surface area (Å²) < 4.78 is 0.461. The summed E-state index contributed by atoms with van der Waals surface area (Å²) in [7, 11) is 0. The summed E-state index contributed by atoms with van der Waals surface area (Å²) >= 11 is 2.22. The second-order valence-electron chi connectivity index (χ2n) is 6.63. The lowest BCUT2D eigenvalue weighted by Gasteiger charge is -2.07. The van der Waals surface area contributed by atoms with Crippen LogP contribution >= 0.6 is 23.1 Å². The number of carbonyl (C=O) groups excluding carboxylic acids is 3. The third-order valence-corrected chi connectivity index (χ3v) is 6.14. The van der Waals surface area contributed by atoms with Gasteiger partial charge >= 0.3 is 0 Å². The third-order valence-electron chi connectivity index (χ3n) is 4.17. The summed E-state index contributed by atoms with van der Waals surface area (Å²) in [6, 6.07) is 11.0. The summed E-state index contributed by atoms with van der Waals surface area (Å²) in [5.41, 5.74) is 1.36. The van der Waals surface area contributed by atoms with Gasteiger partial charge in [0.05, 0.1) is 10.7 Å². The molecule has 11 nitrogen and oxygen atoms in total. The Labute approximate surface area is 196 Å². The van der Waals surface area contributed by atoms with Crippen LogP contribution in [0.25, 0.3) is 0 Å². The van der Waals surface area contributed by atoms with E-state index >= 15 is 0 Å². The first-order valence-electron chi connectivity index (χ1n) is 9.42. The van der Waals surface area contributed by atoms with Crippen molar-refractivity contribution in [1.82, 2.24) is 10.2 Å². The van der Waals surface area contributed by atoms with E-state index in [9.17, 15) is 24.5 Å². The number of thioether (sulfide) groups is 1. The molecule has 1 heterocycles.